The van der Waals surface area contributed by atoms with E-state index in [-0.39, 0.29) is 68.3 Å². The molecule has 0 saturated carbocycles. The molecule has 0 bridgehead atoms. The number of nitrogen functional groups attached to an aromatic ring is 1. The number of thiazole rings is 1. The Morgan fingerprint density at radius 1 is 1.33 bits per heavy atom. The number of nitrogens with two attached hydrogens (primary N) is 1. The van der Waals surface area contributed by atoms with E-state index in [4.69, 9.17) is 20.8 Å². The number of H-pyrrole nitrogens is 1. The number of anilines is 1. The Morgan fingerprint density at radius 2 is 2.05 bits per heavy atom. The molecule has 4 rings (SSSR count). The summed E-state index contributed by atoms with van der Waals surface area (Å²) in [5.74, 6) is -6.12. The minimum Gasteiger partial charge on any atom is -0.543 e. The van der Waals surface area contributed by atoms with Gasteiger partial charge in [0.05, 0.1) is 11.7 Å². The molecule has 2 amide bonds. The molecule has 6 N–H and O–H groups in total. The predicted octanol–water partition coefficient (Wildman–Crippen LogP) is -4.60. The Kier molecular flexibility index (Phi) is 9.67. The van der Waals surface area contributed by atoms with Crippen LogP contribution < -0.4 is 45.7 Å². The first-order valence-electron chi connectivity index (χ1n) is 10.2. The van der Waals surface area contributed by atoms with Gasteiger partial charge in [-0.3, -0.25) is 14.5 Å². The summed E-state index contributed by atoms with van der Waals surface area (Å²) in [6, 6.07) is -1.07. The molecule has 0 aliphatic carbocycles. The molecule has 0 radical (unpaired) electrons. The number of aromatic amines is 1. The van der Waals surface area contributed by atoms with E-state index in [0.717, 1.165) is 28.0 Å². The molecular formula is C19H16N7NaO9S3. The van der Waals surface area contributed by atoms with Crippen LogP contribution in [0.25, 0.3) is 0 Å². The average Bonchev–Trinajstić information content (AvgIpc) is 3.50. The number of aromatic nitrogens is 3. The predicted molar refractivity (Wildman–Crippen MR) is 130 cm³/mol. The van der Waals surface area contributed by atoms with E-state index in [1.165, 1.54) is 24.3 Å². The summed E-state index contributed by atoms with van der Waals surface area (Å²) in [5, 5.41) is 37.2. The number of carboxylic acid groups (broad SMARTS) is 3. The van der Waals surface area contributed by atoms with Gasteiger partial charge in [-0.15, -0.1) is 23.1 Å². The van der Waals surface area contributed by atoms with E-state index in [9.17, 15) is 29.1 Å². The van der Waals surface area contributed by atoms with Gasteiger partial charge in [0.1, 0.15) is 24.2 Å². The molecule has 20 heteroatoms. The molecule has 200 valence electrons. The van der Waals surface area contributed by atoms with Gasteiger partial charge in [0, 0.05) is 16.9 Å². The van der Waals surface area contributed by atoms with Crippen LogP contribution in [0.2, 0.25) is 0 Å². The quantitative estimate of drug-likeness (QED) is 0.0562. The standard InChI is InChI=1S/C19H17N7O9S3.Na/c1-35-25-7(6-4-37-18(20)21-6)12(27)22-10-13(28)26-11(17(33)34)5(2-36-14(10)26)3-38-19-23-8(15(29)30)9(24-19)16(31)32;/h4,10,14H,2-3H2,1H3,(H2,20,21)(H,22,27)(H,23,24)(H,29,30)(H,31,32)(H,33,34);/q;+1/p-1/t10?,14-;/m0./s1. The van der Waals surface area contributed by atoms with Crippen LogP contribution in [-0.2, 0) is 19.2 Å². The molecular weight excluding hydrogens is 589 g/mol. The zero-order valence-electron chi connectivity index (χ0n) is 20.0. The number of β-lactam (4-membered cyclic amide) rings is 1. The smallest absolute Gasteiger partial charge is 0.543 e. The van der Waals surface area contributed by atoms with Gasteiger partial charge in [0.2, 0.25) is 0 Å². The van der Waals surface area contributed by atoms with Crippen molar-refractivity contribution in [2.45, 2.75) is 16.6 Å². The van der Waals surface area contributed by atoms with Gasteiger partial charge in [-0.1, -0.05) is 16.9 Å². The molecule has 2 aliphatic rings. The van der Waals surface area contributed by atoms with Crippen LogP contribution in [0.5, 0.6) is 0 Å². The fourth-order valence-corrected chi connectivity index (χ4v) is 6.47. The maximum atomic E-state index is 12.9. The molecule has 0 spiro atoms. The molecule has 2 atom stereocenters. The number of carboxylic acids is 3. The fourth-order valence-electron chi connectivity index (χ4n) is 3.57. The van der Waals surface area contributed by atoms with Gasteiger partial charge >= 0.3 is 41.5 Å². The Hall–Kier alpha value is -3.10. The van der Waals surface area contributed by atoms with E-state index in [2.05, 4.69) is 25.4 Å². The van der Waals surface area contributed by atoms with Crippen LogP contribution in [0.3, 0.4) is 0 Å². The van der Waals surface area contributed by atoms with Crippen molar-refractivity contribution < 1.29 is 73.7 Å². The minimum atomic E-state index is -1.62. The van der Waals surface area contributed by atoms with Crippen molar-refractivity contribution in [2.24, 2.45) is 5.16 Å². The molecule has 4 heterocycles. The number of carbonyl (C=O) groups excluding carboxylic acids is 3. The van der Waals surface area contributed by atoms with Crippen molar-refractivity contribution in [2.75, 3.05) is 24.3 Å². The van der Waals surface area contributed by atoms with Gasteiger partial charge < -0.3 is 41.0 Å². The van der Waals surface area contributed by atoms with Crippen molar-refractivity contribution in [3.63, 3.8) is 0 Å². The topological polar surface area (TPSA) is 253 Å². The van der Waals surface area contributed by atoms with Crippen LogP contribution in [0, 0.1) is 0 Å². The summed E-state index contributed by atoms with van der Waals surface area (Å²) >= 11 is 3.11. The third kappa shape index (κ3) is 6.07. The molecule has 1 unspecified atom stereocenters. The van der Waals surface area contributed by atoms with Gasteiger partial charge in [0.15, 0.2) is 27.4 Å². The van der Waals surface area contributed by atoms with E-state index >= 15 is 0 Å². The molecule has 39 heavy (non-hydrogen) atoms. The van der Waals surface area contributed by atoms with Gasteiger partial charge in [-0.2, -0.15) is 0 Å². The number of carbonyl (C=O) groups is 5. The number of nitrogens with zero attached hydrogens (tertiary/aromatic N) is 4. The Bertz CT molecular complexity index is 1390. The number of rotatable bonds is 10. The summed E-state index contributed by atoms with van der Waals surface area (Å²) in [4.78, 5) is 75.9. The van der Waals surface area contributed by atoms with E-state index in [0.29, 0.717) is 0 Å². The molecule has 1 fully saturated rings. The van der Waals surface area contributed by atoms with Gasteiger partial charge in [0.25, 0.3) is 11.8 Å². The van der Waals surface area contributed by atoms with Crippen LogP contribution in [-0.4, -0.2) is 95.5 Å². The average molecular weight is 606 g/mol. The normalized spacial score (nSPS) is 18.5. The third-order valence-electron chi connectivity index (χ3n) is 5.17. The van der Waals surface area contributed by atoms with Gasteiger partial charge in [-0.05, 0) is 5.57 Å². The first-order chi connectivity index (χ1) is 18.0. The van der Waals surface area contributed by atoms with Crippen LogP contribution in [0.15, 0.2) is 27.0 Å². The number of amides is 2. The Morgan fingerprint density at radius 3 is 2.59 bits per heavy atom. The molecule has 2 aromatic heterocycles. The maximum Gasteiger partial charge on any atom is 1.00 e. The summed E-state index contributed by atoms with van der Waals surface area (Å²) in [6.45, 7) is 0. The first kappa shape index (κ1) is 30.4. The SMILES string of the molecule is CON=C(C(=O)NC1C(=O)N2C(C(=O)[O-])=C(CSc3nc(C(=O)O)c(C(=O)O)[nH]3)CS[C@@H]12)c1csc(N)n1.[Na+]. The summed E-state index contributed by atoms with van der Waals surface area (Å²) in [5.41, 5.74) is 4.07. The largest absolute Gasteiger partial charge is 1.00 e. The second kappa shape index (κ2) is 12.4. The molecule has 1 saturated heterocycles. The minimum absolute atomic E-state index is 0. The molecule has 16 nitrogen and oxygen atoms in total. The second-order valence-corrected chi connectivity index (χ2v) is 10.4. The number of fused-ring (bicyclic) bond motifs is 1. The summed E-state index contributed by atoms with van der Waals surface area (Å²) in [7, 11) is 1.22. The van der Waals surface area contributed by atoms with Crippen molar-refractivity contribution in [3.8, 4) is 0 Å². The number of imidazole rings is 1. The summed E-state index contributed by atoms with van der Waals surface area (Å²) in [6.07, 6.45) is 0. The van der Waals surface area contributed by atoms with Crippen molar-refractivity contribution in [1.29, 1.82) is 0 Å². The molecule has 2 aromatic rings. The molecule has 0 aromatic carbocycles. The Balaban J connectivity index is 0.00000420. The number of aromatic carboxylic acids is 2. The van der Waals surface area contributed by atoms with Crippen LogP contribution in [0.1, 0.15) is 26.7 Å². The second-order valence-electron chi connectivity index (χ2n) is 7.46. The van der Waals surface area contributed by atoms with Crippen molar-refractivity contribution >= 4 is 75.4 Å². The number of hydrogen-bond donors (Lipinski definition) is 5. The number of thioether (sulfide) groups is 2. The number of aliphatic carboxylic acids is 1. The number of oxime groups is 1. The third-order valence-corrected chi connectivity index (χ3v) is 8.14. The Labute approximate surface area is 252 Å². The van der Waals surface area contributed by atoms with E-state index in [1.807, 2.05) is 0 Å². The number of hydrogen-bond acceptors (Lipinski definition) is 14. The fraction of sp³-hybridized carbons (Fsp3) is 0.263. The van der Waals surface area contributed by atoms with Crippen LogP contribution in [0.4, 0.5) is 5.13 Å². The van der Waals surface area contributed by atoms with Gasteiger partial charge in [-0.25, -0.2) is 19.6 Å². The van der Waals surface area contributed by atoms with E-state index < -0.39 is 58.2 Å². The summed E-state index contributed by atoms with van der Waals surface area (Å²) < 4.78 is 0. The first-order valence-corrected chi connectivity index (χ1v) is 13.2. The molecule has 2 aliphatic heterocycles. The number of nitrogens with one attached hydrogen (secondary N) is 2. The van der Waals surface area contributed by atoms with Crippen molar-refractivity contribution in [3.05, 3.63) is 33.7 Å². The zero-order chi connectivity index (χ0) is 27.7. The maximum absolute atomic E-state index is 12.9. The van der Waals surface area contributed by atoms with Crippen molar-refractivity contribution in [1.82, 2.24) is 25.2 Å². The monoisotopic (exact) mass is 605 g/mol. The van der Waals surface area contributed by atoms with Crippen LogP contribution >= 0.6 is 34.9 Å². The van der Waals surface area contributed by atoms with E-state index in [1.54, 1.807) is 0 Å². The zero-order valence-corrected chi connectivity index (χ0v) is 24.4.